The molecule has 1 aromatic carbocycles. The molecule has 92 valence electrons. The summed E-state index contributed by atoms with van der Waals surface area (Å²) in [5, 5.41) is 2.41. The van der Waals surface area contributed by atoms with Crippen LogP contribution >= 0.6 is 0 Å². The van der Waals surface area contributed by atoms with Gasteiger partial charge in [-0.25, -0.2) is 4.39 Å². The molecule has 0 fully saturated rings. The van der Waals surface area contributed by atoms with Crippen molar-refractivity contribution in [2.24, 2.45) is 0 Å². The molecule has 1 N–H and O–H groups in total. The second kappa shape index (κ2) is 4.03. The summed E-state index contributed by atoms with van der Waals surface area (Å²) in [6, 6.07) is 3.30. The highest BCUT2D eigenvalue weighted by Gasteiger charge is 2.42. The van der Waals surface area contributed by atoms with Crippen molar-refractivity contribution in [2.45, 2.75) is 12.2 Å². The van der Waals surface area contributed by atoms with Gasteiger partial charge in [0, 0.05) is 5.39 Å². The fourth-order valence-corrected chi connectivity index (χ4v) is 1.66. The third-order valence-electron chi connectivity index (χ3n) is 2.42. The Hall–Kier alpha value is -1.56. The minimum atomic E-state index is -4.49. The van der Waals surface area contributed by atoms with Crippen LogP contribution in [0.5, 0.6) is 0 Å². The van der Waals surface area contributed by atoms with E-state index in [1.807, 2.05) is 0 Å². The molecule has 17 heavy (non-hydrogen) atoms. The first-order chi connectivity index (χ1) is 7.93. The highest BCUT2D eigenvalue weighted by molar-refractivity contribution is 5.78. The minimum absolute atomic E-state index is 0.160. The molecule has 0 radical (unpaired) electrons. The van der Waals surface area contributed by atoms with Crippen LogP contribution in [0.4, 0.5) is 17.6 Å². The van der Waals surface area contributed by atoms with Crippen LogP contribution in [0.2, 0.25) is 0 Å². The normalized spacial score (nSPS) is 14.2. The largest absolute Gasteiger partial charge is 0.456 e. The van der Waals surface area contributed by atoms with E-state index in [1.165, 1.54) is 25.2 Å². The first-order valence-electron chi connectivity index (χ1n) is 4.85. The Morgan fingerprint density at radius 2 is 2.00 bits per heavy atom. The summed E-state index contributed by atoms with van der Waals surface area (Å²) < 4.78 is 56.0. The predicted octanol–water partition coefficient (Wildman–Crippen LogP) is 3.39. The van der Waals surface area contributed by atoms with E-state index in [4.69, 9.17) is 4.42 Å². The van der Waals surface area contributed by atoms with E-state index >= 15 is 0 Å². The molecular formula is C11H9F4NO. The van der Waals surface area contributed by atoms with E-state index in [2.05, 4.69) is 5.32 Å². The molecule has 2 rings (SSSR count). The van der Waals surface area contributed by atoms with Crippen LogP contribution in [0.15, 0.2) is 28.7 Å². The quantitative estimate of drug-likeness (QED) is 0.823. The van der Waals surface area contributed by atoms with Gasteiger partial charge in [0.25, 0.3) is 0 Å². The van der Waals surface area contributed by atoms with E-state index in [1.54, 1.807) is 0 Å². The molecule has 0 amide bonds. The summed E-state index contributed by atoms with van der Waals surface area (Å²) in [6.07, 6.45) is -4.49. The molecule has 0 aliphatic rings. The van der Waals surface area contributed by atoms with Crippen LogP contribution < -0.4 is 5.32 Å². The fraction of sp³-hybridized carbons (Fsp3) is 0.273. The predicted molar refractivity (Wildman–Crippen MR) is 54.0 cm³/mol. The van der Waals surface area contributed by atoms with Gasteiger partial charge in [-0.3, -0.25) is 0 Å². The molecule has 0 aliphatic heterocycles. The Bertz CT molecular complexity index is 532. The Labute approximate surface area is 94.2 Å². The van der Waals surface area contributed by atoms with Gasteiger partial charge in [-0.05, 0) is 19.2 Å². The fourth-order valence-electron chi connectivity index (χ4n) is 1.66. The lowest BCUT2D eigenvalue weighted by molar-refractivity contribution is -0.159. The maximum Gasteiger partial charge on any atom is 0.410 e. The molecule has 1 aromatic heterocycles. The summed E-state index contributed by atoms with van der Waals surface area (Å²) in [7, 11) is 1.17. The number of hydrogen-bond acceptors (Lipinski definition) is 2. The van der Waals surface area contributed by atoms with Crippen LogP contribution in [0.1, 0.15) is 11.8 Å². The van der Waals surface area contributed by atoms with Gasteiger partial charge in [-0.1, -0.05) is 12.1 Å². The van der Waals surface area contributed by atoms with Crippen LogP contribution in [0.3, 0.4) is 0 Å². The van der Waals surface area contributed by atoms with Gasteiger partial charge < -0.3 is 9.73 Å². The van der Waals surface area contributed by atoms with Gasteiger partial charge in [0.15, 0.2) is 17.4 Å². The Morgan fingerprint density at radius 1 is 1.29 bits per heavy atom. The number of fused-ring (bicyclic) bond motifs is 1. The van der Waals surface area contributed by atoms with Crippen LogP contribution in [-0.2, 0) is 0 Å². The molecule has 1 heterocycles. The van der Waals surface area contributed by atoms with Crippen LogP contribution in [-0.4, -0.2) is 13.2 Å². The highest BCUT2D eigenvalue weighted by Crippen LogP contribution is 2.35. The van der Waals surface area contributed by atoms with Crippen molar-refractivity contribution in [2.75, 3.05) is 7.05 Å². The molecule has 1 atom stereocenters. The van der Waals surface area contributed by atoms with Gasteiger partial charge >= 0.3 is 6.18 Å². The molecule has 2 nitrogen and oxygen atoms in total. The maximum absolute atomic E-state index is 13.3. The number of rotatable bonds is 2. The van der Waals surface area contributed by atoms with Crippen LogP contribution in [0, 0.1) is 5.82 Å². The van der Waals surface area contributed by atoms with Gasteiger partial charge in [0.1, 0.15) is 5.76 Å². The van der Waals surface area contributed by atoms with Crippen molar-refractivity contribution in [3.63, 3.8) is 0 Å². The third kappa shape index (κ3) is 2.12. The number of hydrogen-bond donors (Lipinski definition) is 1. The monoisotopic (exact) mass is 247 g/mol. The number of nitrogens with one attached hydrogen (secondary N) is 1. The van der Waals surface area contributed by atoms with E-state index in [-0.39, 0.29) is 11.3 Å². The molecule has 0 aliphatic carbocycles. The van der Waals surface area contributed by atoms with Gasteiger partial charge in [0.05, 0.1) is 0 Å². The lowest BCUT2D eigenvalue weighted by atomic mass is 10.2. The molecule has 0 spiro atoms. The molecular weight excluding hydrogens is 238 g/mol. The minimum Gasteiger partial charge on any atom is -0.456 e. The topological polar surface area (TPSA) is 25.2 Å². The van der Waals surface area contributed by atoms with Crippen molar-refractivity contribution in [1.29, 1.82) is 0 Å². The lowest BCUT2D eigenvalue weighted by Gasteiger charge is -2.16. The van der Waals surface area contributed by atoms with E-state index in [0.29, 0.717) is 5.39 Å². The van der Waals surface area contributed by atoms with Crippen molar-refractivity contribution >= 4 is 11.0 Å². The second-order valence-corrected chi connectivity index (χ2v) is 3.57. The molecule has 2 aromatic rings. The van der Waals surface area contributed by atoms with Crippen LogP contribution in [0.25, 0.3) is 11.0 Å². The molecule has 0 saturated heterocycles. The Balaban J connectivity index is 2.52. The zero-order valence-electron chi connectivity index (χ0n) is 8.81. The second-order valence-electron chi connectivity index (χ2n) is 3.57. The summed E-state index contributed by atoms with van der Waals surface area (Å²) in [6.45, 7) is 0. The number of halogens is 4. The zero-order chi connectivity index (χ0) is 12.6. The summed E-state index contributed by atoms with van der Waals surface area (Å²) >= 11 is 0. The molecule has 6 heteroatoms. The average Bonchev–Trinajstić information content (AvgIpc) is 2.61. The zero-order valence-corrected chi connectivity index (χ0v) is 8.81. The van der Waals surface area contributed by atoms with E-state index < -0.39 is 18.0 Å². The van der Waals surface area contributed by atoms with Gasteiger partial charge in [-0.15, -0.1) is 0 Å². The first kappa shape index (κ1) is 11.9. The Morgan fingerprint density at radius 3 is 2.53 bits per heavy atom. The third-order valence-corrected chi connectivity index (χ3v) is 2.42. The van der Waals surface area contributed by atoms with E-state index in [9.17, 15) is 17.6 Å². The molecule has 0 saturated carbocycles. The molecule has 1 unspecified atom stereocenters. The smallest absolute Gasteiger partial charge is 0.410 e. The first-order valence-corrected chi connectivity index (χ1v) is 4.85. The van der Waals surface area contributed by atoms with Crippen molar-refractivity contribution in [3.8, 4) is 0 Å². The number of alkyl halides is 3. The standard InChI is InChI=1S/C11H9F4NO/c1-16-10(11(13,14)15)8-5-6-3-2-4-7(12)9(6)17-8/h2-5,10,16H,1H3. The van der Waals surface area contributed by atoms with Crippen molar-refractivity contribution in [1.82, 2.24) is 5.32 Å². The molecule has 0 bridgehead atoms. The van der Waals surface area contributed by atoms with Gasteiger partial charge in [-0.2, -0.15) is 13.2 Å². The van der Waals surface area contributed by atoms with E-state index in [0.717, 1.165) is 6.07 Å². The van der Waals surface area contributed by atoms with Crippen molar-refractivity contribution < 1.29 is 22.0 Å². The SMILES string of the molecule is CNC(c1cc2cccc(F)c2o1)C(F)(F)F. The number of benzene rings is 1. The number of furan rings is 1. The highest BCUT2D eigenvalue weighted by atomic mass is 19.4. The lowest BCUT2D eigenvalue weighted by Crippen LogP contribution is -2.31. The summed E-state index contributed by atoms with van der Waals surface area (Å²) in [5.74, 6) is -1.02. The number of para-hydroxylation sites is 1. The maximum atomic E-state index is 13.3. The average molecular weight is 247 g/mol. The summed E-state index contributed by atoms with van der Waals surface area (Å²) in [5.41, 5.74) is -0.160. The van der Waals surface area contributed by atoms with Crippen molar-refractivity contribution in [3.05, 3.63) is 35.8 Å². The van der Waals surface area contributed by atoms with Gasteiger partial charge in [0.2, 0.25) is 0 Å². The summed E-state index contributed by atoms with van der Waals surface area (Å²) in [4.78, 5) is 0. The Kier molecular flexibility index (Phi) is 2.82.